The Morgan fingerprint density at radius 2 is 2.33 bits per heavy atom. The number of pyridine rings is 1. The van der Waals surface area contributed by atoms with Crippen LogP contribution < -0.4 is 0 Å². The van der Waals surface area contributed by atoms with Crippen LogP contribution in [0.15, 0.2) is 29.4 Å². The van der Waals surface area contributed by atoms with Gasteiger partial charge in [0.05, 0.1) is 13.7 Å². The van der Waals surface area contributed by atoms with Crippen LogP contribution in [-0.2, 0) is 9.47 Å². The molecule has 1 amide bonds. The van der Waals surface area contributed by atoms with Gasteiger partial charge in [-0.15, -0.1) is 4.99 Å². The largest absolute Gasteiger partial charge is 0.479 e. The highest BCUT2D eigenvalue weighted by atomic mass is 16.6. The van der Waals surface area contributed by atoms with Crippen molar-refractivity contribution in [3.05, 3.63) is 30.1 Å². The molecule has 1 aromatic rings. The van der Waals surface area contributed by atoms with Crippen molar-refractivity contribution in [1.29, 1.82) is 0 Å². The van der Waals surface area contributed by atoms with Crippen LogP contribution in [0.1, 0.15) is 12.6 Å². The van der Waals surface area contributed by atoms with E-state index in [2.05, 4.69) is 14.7 Å². The summed E-state index contributed by atoms with van der Waals surface area (Å²) in [4.78, 5) is 18.7. The van der Waals surface area contributed by atoms with E-state index in [0.717, 1.165) is 0 Å². The summed E-state index contributed by atoms with van der Waals surface area (Å²) >= 11 is 0. The van der Waals surface area contributed by atoms with Crippen LogP contribution in [-0.4, -0.2) is 30.7 Å². The molecule has 0 aliphatic rings. The Hall–Kier alpha value is -1.91. The van der Waals surface area contributed by atoms with E-state index >= 15 is 0 Å². The predicted octanol–water partition coefficient (Wildman–Crippen LogP) is 1.63. The first-order valence-corrected chi connectivity index (χ1v) is 4.48. The molecule has 5 heteroatoms. The highest BCUT2D eigenvalue weighted by molar-refractivity contribution is 5.98. The standard InChI is InChI=1S/C10H12N2O3/c1-3-15-10(13)12-9(14-2)8-6-4-5-7-11-8/h4-7H,3H2,1-2H3/b12-9-. The zero-order valence-corrected chi connectivity index (χ0v) is 8.64. The van der Waals surface area contributed by atoms with Crippen molar-refractivity contribution in [2.75, 3.05) is 13.7 Å². The second kappa shape index (κ2) is 5.74. The van der Waals surface area contributed by atoms with Crippen LogP contribution in [0.25, 0.3) is 0 Å². The van der Waals surface area contributed by atoms with Gasteiger partial charge in [0.25, 0.3) is 0 Å². The molecule has 1 rings (SSSR count). The number of amides is 1. The van der Waals surface area contributed by atoms with Crippen molar-refractivity contribution >= 4 is 12.0 Å². The van der Waals surface area contributed by atoms with Gasteiger partial charge in [-0.2, -0.15) is 0 Å². The molecule has 1 aromatic heterocycles. The topological polar surface area (TPSA) is 60.8 Å². The maximum atomic E-state index is 11.1. The first kappa shape index (κ1) is 11.2. The van der Waals surface area contributed by atoms with Crippen molar-refractivity contribution in [1.82, 2.24) is 4.98 Å². The van der Waals surface area contributed by atoms with Gasteiger partial charge in [-0.3, -0.25) is 4.98 Å². The zero-order valence-electron chi connectivity index (χ0n) is 8.64. The monoisotopic (exact) mass is 208 g/mol. The number of aliphatic imine (C=N–C) groups is 1. The van der Waals surface area contributed by atoms with Crippen LogP contribution in [0.4, 0.5) is 4.79 Å². The van der Waals surface area contributed by atoms with Crippen molar-refractivity contribution in [3.8, 4) is 0 Å². The Balaban J connectivity index is 2.84. The summed E-state index contributed by atoms with van der Waals surface area (Å²) in [5.41, 5.74) is 0.494. The number of methoxy groups -OCH3 is 1. The normalized spacial score (nSPS) is 10.9. The Kier molecular flexibility index (Phi) is 4.28. The van der Waals surface area contributed by atoms with Gasteiger partial charge >= 0.3 is 6.09 Å². The summed E-state index contributed by atoms with van der Waals surface area (Å²) < 4.78 is 9.60. The average molecular weight is 208 g/mol. The molecular weight excluding hydrogens is 196 g/mol. The summed E-state index contributed by atoms with van der Waals surface area (Å²) in [5.74, 6) is 0.147. The lowest BCUT2D eigenvalue weighted by Gasteiger charge is -2.02. The van der Waals surface area contributed by atoms with Gasteiger partial charge in [0.1, 0.15) is 5.69 Å². The van der Waals surface area contributed by atoms with Crippen molar-refractivity contribution in [2.24, 2.45) is 4.99 Å². The average Bonchev–Trinajstić information content (AvgIpc) is 2.27. The third-order valence-electron chi connectivity index (χ3n) is 1.54. The lowest BCUT2D eigenvalue weighted by Crippen LogP contribution is -2.10. The van der Waals surface area contributed by atoms with Crippen LogP contribution in [0, 0.1) is 0 Å². The van der Waals surface area contributed by atoms with Crippen molar-refractivity contribution in [3.63, 3.8) is 0 Å². The Bertz CT molecular complexity index is 349. The van der Waals surface area contributed by atoms with Crippen molar-refractivity contribution < 1.29 is 14.3 Å². The van der Waals surface area contributed by atoms with Gasteiger partial charge in [-0.05, 0) is 19.1 Å². The fraction of sp³-hybridized carbons (Fsp3) is 0.300. The highest BCUT2D eigenvalue weighted by Crippen LogP contribution is 1.99. The van der Waals surface area contributed by atoms with E-state index in [0.29, 0.717) is 5.69 Å². The first-order chi connectivity index (χ1) is 7.27. The summed E-state index contributed by atoms with van der Waals surface area (Å²) in [6.45, 7) is 1.99. The van der Waals surface area contributed by atoms with Crippen molar-refractivity contribution in [2.45, 2.75) is 6.92 Å². The quantitative estimate of drug-likeness (QED) is 0.547. The molecule has 0 aromatic carbocycles. The highest BCUT2D eigenvalue weighted by Gasteiger charge is 2.07. The SMILES string of the molecule is CCOC(=O)/N=C(\OC)c1ccccn1. The molecule has 0 N–H and O–H groups in total. The zero-order chi connectivity index (χ0) is 11.1. The molecule has 0 aliphatic heterocycles. The number of carbonyl (C=O) groups excluding carboxylic acids is 1. The molecule has 5 nitrogen and oxygen atoms in total. The number of aromatic nitrogens is 1. The van der Waals surface area contributed by atoms with Crippen LogP contribution in [0.2, 0.25) is 0 Å². The lowest BCUT2D eigenvalue weighted by atomic mass is 10.3. The van der Waals surface area contributed by atoms with Crippen LogP contribution in [0.3, 0.4) is 0 Å². The van der Waals surface area contributed by atoms with E-state index in [-0.39, 0.29) is 12.5 Å². The van der Waals surface area contributed by atoms with E-state index in [9.17, 15) is 4.79 Å². The molecule has 0 aliphatic carbocycles. The summed E-state index contributed by atoms with van der Waals surface area (Å²) in [5, 5.41) is 0. The molecule has 0 radical (unpaired) electrons. The molecule has 15 heavy (non-hydrogen) atoms. The molecule has 0 fully saturated rings. The van der Waals surface area contributed by atoms with E-state index < -0.39 is 6.09 Å². The van der Waals surface area contributed by atoms with E-state index in [1.165, 1.54) is 7.11 Å². The maximum absolute atomic E-state index is 11.1. The second-order valence-corrected chi connectivity index (χ2v) is 2.53. The molecule has 0 saturated heterocycles. The molecule has 80 valence electrons. The van der Waals surface area contributed by atoms with Gasteiger partial charge in [0.15, 0.2) is 0 Å². The van der Waals surface area contributed by atoms with E-state index in [1.54, 1.807) is 31.3 Å². The molecule has 0 bridgehead atoms. The fourth-order valence-corrected chi connectivity index (χ4v) is 0.935. The van der Waals surface area contributed by atoms with Gasteiger partial charge < -0.3 is 9.47 Å². The van der Waals surface area contributed by atoms with Crippen LogP contribution >= 0.6 is 0 Å². The van der Waals surface area contributed by atoms with E-state index in [1.807, 2.05) is 0 Å². The third-order valence-corrected chi connectivity index (χ3v) is 1.54. The Morgan fingerprint density at radius 1 is 1.53 bits per heavy atom. The number of carbonyl (C=O) groups is 1. The second-order valence-electron chi connectivity index (χ2n) is 2.53. The molecule has 0 spiro atoms. The minimum absolute atomic E-state index is 0.147. The fourth-order valence-electron chi connectivity index (χ4n) is 0.935. The van der Waals surface area contributed by atoms with Gasteiger partial charge in [-0.25, -0.2) is 4.79 Å². The maximum Gasteiger partial charge on any atom is 0.436 e. The van der Waals surface area contributed by atoms with E-state index in [4.69, 9.17) is 4.74 Å². The molecular formula is C10H12N2O3. The number of rotatable bonds is 2. The van der Waals surface area contributed by atoms with Gasteiger partial charge in [-0.1, -0.05) is 6.07 Å². The smallest absolute Gasteiger partial charge is 0.436 e. The number of ether oxygens (including phenoxy) is 2. The Labute approximate surface area is 87.8 Å². The number of nitrogens with zero attached hydrogens (tertiary/aromatic N) is 2. The summed E-state index contributed by atoms with van der Waals surface area (Å²) in [7, 11) is 1.42. The molecule has 1 heterocycles. The first-order valence-electron chi connectivity index (χ1n) is 4.48. The number of hydrogen-bond acceptors (Lipinski definition) is 4. The molecule has 0 unspecified atom stereocenters. The van der Waals surface area contributed by atoms with Gasteiger partial charge in [0, 0.05) is 6.20 Å². The van der Waals surface area contributed by atoms with Crippen LogP contribution in [0.5, 0.6) is 0 Å². The summed E-state index contributed by atoms with van der Waals surface area (Å²) in [6.07, 6.45) is 0.912. The Morgan fingerprint density at radius 3 is 2.87 bits per heavy atom. The van der Waals surface area contributed by atoms with Gasteiger partial charge in [0.2, 0.25) is 5.90 Å². The lowest BCUT2D eigenvalue weighted by molar-refractivity contribution is 0.163. The minimum atomic E-state index is -0.681. The minimum Gasteiger partial charge on any atom is -0.479 e. The molecule has 0 saturated carbocycles. The number of hydrogen-bond donors (Lipinski definition) is 0. The molecule has 0 atom stereocenters. The third kappa shape index (κ3) is 3.38. The predicted molar refractivity (Wildman–Crippen MR) is 54.8 cm³/mol. The summed E-state index contributed by atoms with van der Waals surface area (Å²) in [6, 6.07) is 5.24.